The van der Waals surface area contributed by atoms with Crippen molar-refractivity contribution < 1.29 is 19.8 Å². The first-order valence-electron chi connectivity index (χ1n) is 11.3. The van der Waals surface area contributed by atoms with Gasteiger partial charge >= 0.3 is 0 Å². The van der Waals surface area contributed by atoms with Crippen molar-refractivity contribution in [2.45, 2.75) is 51.1 Å². The first-order chi connectivity index (χ1) is 16.7. The molecular formula is C26H27N5O4. The molecule has 9 heteroatoms. The van der Waals surface area contributed by atoms with Gasteiger partial charge in [-0.25, -0.2) is 0 Å². The number of aromatic nitrogens is 2. The highest BCUT2D eigenvalue weighted by Gasteiger charge is 2.45. The molecule has 0 fully saturated rings. The summed E-state index contributed by atoms with van der Waals surface area (Å²) in [7, 11) is 0. The Kier molecular flexibility index (Phi) is 6.69. The minimum absolute atomic E-state index is 0.212. The second-order valence-electron chi connectivity index (χ2n) is 8.84. The molecule has 35 heavy (non-hydrogen) atoms. The van der Waals surface area contributed by atoms with Crippen LogP contribution in [0.1, 0.15) is 42.4 Å². The van der Waals surface area contributed by atoms with Crippen molar-refractivity contribution >= 4 is 11.8 Å². The van der Waals surface area contributed by atoms with Crippen molar-refractivity contribution in [1.82, 2.24) is 19.8 Å². The molecule has 1 aliphatic heterocycles. The lowest BCUT2D eigenvalue weighted by Crippen LogP contribution is -2.58. The first-order valence-corrected chi connectivity index (χ1v) is 11.3. The smallest absolute Gasteiger partial charge is 0.255 e. The van der Waals surface area contributed by atoms with E-state index in [1.54, 1.807) is 19.2 Å². The van der Waals surface area contributed by atoms with E-state index >= 15 is 0 Å². The molecule has 0 spiro atoms. The number of pyridine rings is 1. The van der Waals surface area contributed by atoms with Crippen molar-refractivity contribution in [2.75, 3.05) is 0 Å². The molecular weight excluding hydrogens is 446 g/mol. The Hall–Kier alpha value is -4.00. The lowest BCUT2D eigenvalue weighted by molar-refractivity contribution is -0.166. The number of carbonyl (C=O) groups is 2. The summed E-state index contributed by atoms with van der Waals surface area (Å²) in [5.74, 6) is -1.59. The Bertz CT molecular complexity index is 1250. The predicted octanol–water partition coefficient (Wildman–Crippen LogP) is 1.77. The molecule has 0 aliphatic carbocycles. The third kappa shape index (κ3) is 4.80. The number of aliphatic hydroxyl groups is 2. The van der Waals surface area contributed by atoms with Crippen LogP contribution in [0.5, 0.6) is 0 Å². The monoisotopic (exact) mass is 473 g/mol. The van der Waals surface area contributed by atoms with Crippen LogP contribution in [0.25, 0.3) is 5.69 Å². The number of carbonyl (C=O) groups excluding carboxylic acids is 2. The Balaban J connectivity index is 1.40. The van der Waals surface area contributed by atoms with Gasteiger partial charge in [-0.1, -0.05) is 18.2 Å². The Morgan fingerprint density at radius 1 is 1.20 bits per heavy atom. The van der Waals surface area contributed by atoms with Gasteiger partial charge in [0.25, 0.3) is 11.8 Å². The number of nitrogens with zero attached hydrogens (tertiary/aromatic N) is 4. The van der Waals surface area contributed by atoms with Gasteiger partial charge in [0.15, 0.2) is 11.7 Å². The summed E-state index contributed by atoms with van der Waals surface area (Å²) in [6.07, 6.45) is 1.86. The zero-order chi connectivity index (χ0) is 25.2. The number of rotatable bonds is 7. The van der Waals surface area contributed by atoms with E-state index in [0.717, 1.165) is 35.1 Å². The largest absolute Gasteiger partial charge is 0.380 e. The number of benzene rings is 1. The first kappa shape index (κ1) is 24.1. The zero-order valence-corrected chi connectivity index (χ0v) is 19.5. The van der Waals surface area contributed by atoms with E-state index in [2.05, 4.69) is 16.4 Å². The minimum atomic E-state index is -2.33. The van der Waals surface area contributed by atoms with Crippen LogP contribution in [0.2, 0.25) is 0 Å². The number of nitriles is 1. The Morgan fingerprint density at radius 2 is 1.94 bits per heavy atom. The van der Waals surface area contributed by atoms with Crippen molar-refractivity contribution in [3.05, 3.63) is 83.4 Å². The van der Waals surface area contributed by atoms with E-state index in [1.165, 1.54) is 4.90 Å². The van der Waals surface area contributed by atoms with Crippen LogP contribution in [0.15, 0.2) is 60.9 Å². The van der Waals surface area contributed by atoms with Gasteiger partial charge in [0.1, 0.15) is 0 Å². The van der Waals surface area contributed by atoms with Gasteiger partial charge in [-0.3, -0.25) is 14.6 Å². The quantitative estimate of drug-likeness (QED) is 0.479. The predicted molar refractivity (Wildman–Crippen MR) is 127 cm³/mol. The van der Waals surface area contributed by atoms with Crippen molar-refractivity contribution in [2.24, 2.45) is 0 Å². The molecule has 2 aromatic heterocycles. The average Bonchev–Trinajstić information content (AvgIpc) is 3.50. The van der Waals surface area contributed by atoms with Crippen LogP contribution >= 0.6 is 0 Å². The molecule has 180 valence electrons. The molecule has 3 N–H and O–H groups in total. The molecule has 0 unspecified atom stereocenters. The van der Waals surface area contributed by atoms with Crippen LogP contribution in [0.4, 0.5) is 0 Å². The molecule has 9 nitrogen and oxygen atoms in total. The normalized spacial score (nSPS) is 16.0. The van der Waals surface area contributed by atoms with Gasteiger partial charge < -0.3 is 25.0 Å². The number of hydrogen-bond donors (Lipinski definition) is 3. The highest BCUT2D eigenvalue weighted by Crippen LogP contribution is 2.24. The minimum Gasteiger partial charge on any atom is -0.380 e. The number of hydrogen-bond acceptors (Lipinski definition) is 6. The number of amides is 2. The third-order valence-corrected chi connectivity index (χ3v) is 6.34. The molecule has 3 aromatic rings. The summed E-state index contributed by atoms with van der Waals surface area (Å²) in [5.41, 5.74) is 1.78. The maximum atomic E-state index is 12.9. The van der Waals surface area contributed by atoms with Gasteiger partial charge in [0.2, 0.25) is 0 Å². The van der Waals surface area contributed by atoms with E-state index in [9.17, 15) is 19.8 Å². The molecule has 0 radical (unpaired) electrons. The summed E-state index contributed by atoms with van der Waals surface area (Å²) < 4.78 is 1.91. The summed E-state index contributed by atoms with van der Waals surface area (Å²) >= 11 is 0. The van der Waals surface area contributed by atoms with E-state index in [-0.39, 0.29) is 19.5 Å². The number of aliphatic hydroxyl groups excluding tert-OH is 1. The molecule has 3 heterocycles. The van der Waals surface area contributed by atoms with Gasteiger partial charge in [-0.2, -0.15) is 5.26 Å². The third-order valence-electron chi connectivity index (χ3n) is 6.34. The van der Waals surface area contributed by atoms with Crippen LogP contribution in [-0.4, -0.2) is 48.2 Å². The van der Waals surface area contributed by atoms with Crippen LogP contribution < -0.4 is 5.32 Å². The van der Waals surface area contributed by atoms with E-state index < -0.39 is 29.6 Å². The second-order valence-corrected chi connectivity index (χ2v) is 8.84. The summed E-state index contributed by atoms with van der Waals surface area (Å²) in [4.78, 5) is 31.3. The van der Waals surface area contributed by atoms with Crippen LogP contribution in [-0.2, 0) is 29.1 Å². The van der Waals surface area contributed by atoms with Gasteiger partial charge in [0, 0.05) is 30.3 Å². The molecule has 3 atom stereocenters. The number of nitrogens with one attached hydrogen (secondary N) is 1. The molecule has 4 rings (SSSR count). The fourth-order valence-electron chi connectivity index (χ4n) is 4.14. The Morgan fingerprint density at radius 3 is 2.63 bits per heavy atom. The molecule has 0 saturated heterocycles. The van der Waals surface area contributed by atoms with E-state index in [1.807, 2.05) is 53.2 Å². The molecule has 2 amide bonds. The SMILES string of the molecule is C[C@@H](NC(=O)[C@](C)(O)[C@@H](O)C(=O)N1Cc2cccnc2C1)c1ccc(-n2cccc2CC#N)cc1. The number of fused-ring (bicyclic) bond motifs is 1. The van der Waals surface area contributed by atoms with Crippen molar-refractivity contribution in [3.8, 4) is 11.8 Å². The summed E-state index contributed by atoms with van der Waals surface area (Å²) in [5, 5.41) is 33.1. The maximum absolute atomic E-state index is 12.9. The highest BCUT2D eigenvalue weighted by molar-refractivity contribution is 5.94. The van der Waals surface area contributed by atoms with Crippen molar-refractivity contribution in [3.63, 3.8) is 0 Å². The standard InChI is InChI=1S/C26H27N5O4/c1-17(18-7-9-21(10-8-18)31-14-4-6-20(31)11-12-27)29-25(34)26(2,35)23(32)24(33)30-15-19-5-3-13-28-22(19)16-30/h3-10,13-14,17,23,32,35H,11,15-16H2,1-2H3,(H,29,34)/t17-,23+,26-/m1/s1. The van der Waals surface area contributed by atoms with E-state index in [4.69, 9.17) is 5.26 Å². The van der Waals surface area contributed by atoms with Crippen LogP contribution in [0.3, 0.4) is 0 Å². The van der Waals surface area contributed by atoms with Gasteiger partial charge in [-0.05, 0) is 55.3 Å². The van der Waals surface area contributed by atoms with Gasteiger partial charge in [-0.15, -0.1) is 0 Å². The average molecular weight is 474 g/mol. The second kappa shape index (κ2) is 9.70. The molecule has 0 bridgehead atoms. The maximum Gasteiger partial charge on any atom is 0.255 e. The lowest BCUT2D eigenvalue weighted by Gasteiger charge is -2.31. The Labute approximate surface area is 203 Å². The molecule has 1 aromatic carbocycles. The molecule has 1 aliphatic rings. The van der Waals surface area contributed by atoms with Crippen molar-refractivity contribution in [1.29, 1.82) is 5.26 Å². The van der Waals surface area contributed by atoms with Crippen LogP contribution in [0, 0.1) is 11.3 Å². The lowest BCUT2D eigenvalue weighted by atomic mass is 9.95. The topological polar surface area (TPSA) is 131 Å². The summed E-state index contributed by atoms with van der Waals surface area (Å²) in [6.45, 7) is 3.35. The fraction of sp³-hybridized carbons (Fsp3) is 0.308. The fourth-order valence-corrected chi connectivity index (χ4v) is 4.14. The highest BCUT2D eigenvalue weighted by atomic mass is 16.4. The molecule has 0 saturated carbocycles. The zero-order valence-electron chi connectivity index (χ0n) is 19.5. The van der Waals surface area contributed by atoms with Gasteiger partial charge in [0.05, 0.1) is 30.8 Å². The summed E-state index contributed by atoms with van der Waals surface area (Å²) in [6, 6.07) is 16.4. The van der Waals surface area contributed by atoms with E-state index in [0.29, 0.717) is 0 Å².